The molecule has 0 radical (unpaired) electrons. The average Bonchev–Trinajstić information content (AvgIpc) is 3.71. The predicted octanol–water partition coefficient (Wildman–Crippen LogP) is 8.62. The monoisotopic (exact) mass is 760 g/mol. The fraction of sp³-hybridized carbons (Fsp3) is 0.176. The molecule has 0 aliphatic heterocycles. The highest BCUT2D eigenvalue weighted by Gasteiger charge is 2.39. The van der Waals surface area contributed by atoms with Gasteiger partial charge in [0.2, 0.25) is 11.8 Å². The summed E-state index contributed by atoms with van der Waals surface area (Å²) in [6, 6.07) is 15.3. The van der Waals surface area contributed by atoms with E-state index >= 15 is 0 Å². The van der Waals surface area contributed by atoms with Crippen LogP contribution in [0, 0.1) is 0 Å². The zero-order valence-corrected chi connectivity index (χ0v) is 28.6. The number of anilines is 2. The first-order valence-corrected chi connectivity index (χ1v) is 17.0. The van der Waals surface area contributed by atoms with Gasteiger partial charge in [0, 0.05) is 23.5 Å². The number of aromatic nitrogens is 4. The third-order valence-corrected chi connectivity index (χ3v) is 9.27. The van der Waals surface area contributed by atoms with Gasteiger partial charge in [0.25, 0.3) is 0 Å². The van der Waals surface area contributed by atoms with Gasteiger partial charge in [-0.25, -0.2) is 9.97 Å². The van der Waals surface area contributed by atoms with E-state index in [-0.39, 0.29) is 22.9 Å². The number of aromatic amines is 2. The molecule has 52 heavy (non-hydrogen) atoms. The van der Waals surface area contributed by atoms with Crippen molar-refractivity contribution in [3.63, 3.8) is 0 Å². The summed E-state index contributed by atoms with van der Waals surface area (Å²) in [4.78, 5) is 40.0. The smallest absolute Gasteiger partial charge is 0.417 e. The lowest BCUT2D eigenvalue weighted by Crippen LogP contribution is -2.17. The first kappa shape index (κ1) is 36.4. The molecule has 2 amide bonds. The number of alkyl halides is 6. The summed E-state index contributed by atoms with van der Waals surface area (Å²) in [5, 5.41) is 5.49. The van der Waals surface area contributed by atoms with Crippen molar-refractivity contribution in [3.05, 3.63) is 83.9 Å². The zero-order valence-electron chi connectivity index (χ0n) is 27.0. The van der Waals surface area contributed by atoms with Crippen molar-refractivity contribution < 1.29 is 45.4 Å². The normalized spacial score (nSPS) is 11.9. The Hall–Kier alpha value is -5.36. The van der Waals surface area contributed by atoms with Crippen LogP contribution in [0.25, 0.3) is 33.2 Å². The van der Waals surface area contributed by atoms with Crippen molar-refractivity contribution in [2.75, 3.05) is 36.4 Å². The van der Waals surface area contributed by atoms with Gasteiger partial charge in [0.05, 0.1) is 58.9 Å². The summed E-state index contributed by atoms with van der Waals surface area (Å²) in [7, 11) is 3.01. The Morgan fingerprint density at radius 1 is 0.635 bits per heavy atom. The zero-order chi connectivity index (χ0) is 37.2. The quantitative estimate of drug-likeness (QED) is 0.0762. The van der Waals surface area contributed by atoms with Crippen molar-refractivity contribution in [1.29, 1.82) is 0 Å². The van der Waals surface area contributed by atoms with Crippen LogP contribution in [0.3, 0.4) is 0 Å². The Morgan fingerprint density at radius 2 is 1.04 bits per heavy atom. The number of H-pyrrole nitrogens is 2. The molecule has 2 aromatic heterocycles. The van der Waals surface area contributed by atoms with Crippen molar-refractivity contribution in [2.24, 2.45) is 0 Å². The number of fused-ring (bicyclic) bond motifs is 2. The van der Waals surface area contributed by atoms with Crippen molar-refractivity contribution in [1.82, 2.24) is 19.9 Å². The average molecular weight is 761 g/mol. The largest absolute Gasteiger partial charge is 0.497 e. The van der Waals surface area contributed by atoms with Crippen molar-refractivity contribution in [2.45, 2.75) is 22.7 Å². The number of methoxy groups -OCH3 is 2. The molecule has 10 nitrogen and oxygen atoms in total. The van der Waals surface area contributed by atoms with Crippen molar-refractivity contribution >= 4 is 68.8 Å². The molecule has 0 aliphatic rings. The highest BCUT2D eigenvalue weighted by atomic mass is 32.2. The number of imidazole rings is 2. The summed E-state index contributed by atoms with van der Waals surface area (Å²) < 4.78 is 96.1. The maximum Gasteiger partial charge on any atom is 0.417 e. The second kappa shape index (κ2) is 14.7. The number of benzene rings is 4. The molecule has 0 atom stereocenters. The number of thioether (sulfide) groups is 2. The fourth-order valence-electron chi connectivity index (χ4n) is 5.17. The number of nitrogens with zero attached hydrogens (tertiary/aromatic N) is 2. The second-order valence-electron chi connectivity index (χ2n) is 11.0. The van der Waals surface area contributed by atoms with Gasteiger partial charge in [-0.2, -0.15) is 26.3 Å². The number of amides is 2. The third-order valence-electron chi connectivity index (χ3n) is 7.52. The lowest BCUT2D eigenvalue weighted by molar-refractivity contribution is -0.139. The molecule has 0 fully saturated rings. The van der Waals surface area contributed by atoms with Gasteiger partial charge >= 0.3 is 12.4 Å². The van der Waals surface area contributed by atoms with Crippen molar-refractivity contribution in [3.8, 4) is 22.6 Å². The SMILES string of the molecule is COc1ccc2nc(SCC(=O)Nc3ccc(-c4ccc(NC(=O)CSc5nc6ccc(OC)cc6[nH]5)cc4C(F)(F)F)c(C(F)(F)F)c3)[nH]c2c1. The molecule has 6 aromatic rings. The number of ether oxygens (including phenoxy) is 2. The second-order valence-corrected chi connectivity index (χ2v) is 13.0. The number of carbonyl (C=O) groups excluding carboxylic acids is 2. The first-order valence-electron chi connectivity index (χ1n) is 15.1. The molecule has 0 unspecified atom stereocenters. The van der Waals surface area contributed by atoms with Crippen LogP contribution >= 0.6 is 23.5 Å². The number of halogens is 6. The summed E-state index contributed by atoms with van der Waals surface area (Å²) in [6.45, 7) is 0. The van der Waals surface area contributed by atoms with E-state index in [0.29, 0.717) is 56.0 Å². The first-order chi connectivity index (χ1) is 24.7. The lowest BCUT2D eigenvalue weighted by atomic mass is 9.93. The van der Waals surface area contributed by atoms with Gasteiger partial charge in [-0.1, -0.05) is 35.7 Å². The lowest BCUT2D eigenvalue weighted by Gasteiger charge is -2.19. The summed E-state index contributed by atoms with van der Waals surface area (Å²) in [5.74, 6) is -0.605. The standard InChI is InChI=1S/C34H26F6N6O4S2/c1-49-19-5-9-25-27(13-19)45-31(43-25)51-15-29(47)41-17-3-7-21(23(11-17)33(35,36)37)22-8-4-18(12-24(22)34(38,39)40)42-30(48)16-52-32-44-26-10-6-20(50-2)14-28(26)46-32/h3-14H,15-16H2,1-2H3,(H,41,47)(H,42,48)(H,43,45)(H,44,46). The Balaban J connectivity index is 1.16. The van der Waals surface area contributed by atoms with E-state index in [1.165, 1.54) is 14.2 Å². The Morgan fingerprint density at radius 3 is 1.40 bits per heavy atom. The maximum atomic E-state index is 14.3. The summed E-state index contributed by atoms with van der Waals surface area (Å²) in [6.07, 6.45) is -10.2. The van der Waals surface area contributed by atoms with E-state index in [4.69, 9.17) is 9.47 Å². The van der Waals surface area contributed by atoms with Crippen LogP contribution in [0.1, 0.15) is 11.1 Å². The topological polar surface area (TPSA) is 134 Å². The van der Waals surface area contributed by atoms with Gasteiger partial charge in [0.1, 0.15) is 11.5 Å². The predicted molar refractivity (Wildman–Crippen MR) is 186 cm³/mol. The van der Waals surface area contributed by atoms with Crippen LogP contribution in [0.5, 0.6) is 11.5 Å². The van der Waals surface area contributed by atoms with Gasteiger partial charge < -0.3 is 30.1 Å². The van der Waals surface area contributed by atoms with Crippen LogP contribution in [0.4, 0.5) is 37.7 Å². The molecule has 0 saturated heterocycles. The molecule has 2 heterocycles. The highest BCUT2D eigenvalue weighted by molar-refractivity contribution is 8.00. The minimum absolute atomic E-state index is 0.225. The van der Waals surface area contributed by atoms with E-state index in [9.17, 15) is 35.9 Å². The van der Waals surface area contributed by atoms with E-state index in [1.807, 2.05) is 0 Å². The van der Waals surface area contributed by atoms with Gasteiger partial charge in [0.15, 0.2) is 10.3 Å². The molecular weight excluding hydrogens is 735 g/mol. The van der Waals surface area contributed by atoms with E-state index in [0.717, 1.165) is 47.8 Å². The molecule has 18 heteroatoms. The molecule has 4 N–H and O–H groups in total. The van der Waals surface area contributed by atoms with E-state index in [2.05, 4.69) is 30.6 Å². The molecule has 0 bridgehead atoms. The third kappa shape index (κ3) is 8.39. The van der Waals surface area contributed by atoms with Gasteiger partial charge in [-0.3, -0.25) is 9.59 Å². The Labute approximate surface area is 299 Å². The van der Waals surface area contributed by atoms with Crippen LogP contribution in [-0.2, 0) is 21.9 Å². The summed E-state index contributed by atoms with van der Waals surface area (Å²) >= 11 is 2.01. The number of nitrogens with one attached hydrogen (secondary N) is 4. The van der Waals surface area contributed by atoms with Gasteiger partial charge in [-0.05, 0) is 59.7 Å². The molecule has 6 rings (SSSR count). The molecule has 270 valence electrons. The molecular formula is C34H26F6N6O4S2. The molecule has 0 saturated carbocycles. The minimum atomic E-state index is -5.09. The minimum Gasteiger partial charge on any atom is -0.497 e. The molecule has 0 spiro atoms. The van der Waals surface area contributed by atoms with Crippen LogP contribution < -0.4 is 20.1 Å². The fourth-order valence-corrected chi connectivity index (χ4v) is 6.54. The van der Waals surface area contributed by atoms with E-state index in [1.54, 1.807) is 36.4 Å². The highest BCUT2D eigenvalue weighted by Crippen LogP contribution is 2.44. The molecule has 4 aromatic carbocycles. The maximum absolute atomic E-state index is 14.3. The Kier molecular flexibility index (Phi) is 10.3. The van der Waals surface area contributed by atoms with Crippen LogP contribution in [0.15, 0.2) is 83.1 Å². The summed E-state index contributed by atoms with van der Waals surface area (Å²) in [5.41, 5.74) is -2.32. The number of carbonyl (C=O) groups is 2. The number of hydrogen-bond acceptors (Lipinski definition) is 8. The van der Waals surface area contributed by atoms with Crippen LogP contribution in [0.2, 0.25) is 0 Å². The molecule has 0 aliphatic carbocycles. The number of rotatable bonds is 11. The van der Waals surface area contributed by atoms with Crippen LogP contribution in [-0.4, -0.2) is 57.5 Å². The van der Waals surface area contributed by atoms with Gasteiger partial charge in [-0.15, -0.1) is 0 Å². The van der Waals surface area contributed by atoms with E-state index < -0.39 is 46.4 Å². The number of hydrogen-bond donors (Lipinski definition) is 4. The Bertz CT molecular complexity index is 2130.